The summed E-state index contributed by atoms with van der Waals surface area (Å²) in [4.78, 5) is 15.8. The molecule has 0 bridgehead atoms. The van der Waals surface area contributed by atoms with E-state index in [9.17, 15) is 4.79 Å². The minimum atomic E-state index is -0.134. The Balaban J connectivity index is 0.000000924. The Morgan fingerprint density at radius 3 is 2.57 bits per heavy atom. The molecule has 0 unspecified atom stereocenters. The molecule has 0 aliphatic heterocycles. The Kier molecular flexibility index (Phi) is 5.34. The Hall–Kier alpha value is -2.40. The van der Waals surface area contributed by atoms with E-state index in [2.05, 4.69) is 4.98 Å². The number of aromatic amines is 1. The van der Waals surface area contributed by atoms with Crippen molar-refractivity contribution in [3.05, 3.63) is 63.2 Å². The Labute approximate surface area is 140 Å². The second kappa shape index (κ2) is 7.24. The van der Waals surface area contributed by atoms with Gasteiger partial charge in [0.1, 0.15) is 5.75 Å². The molecule has 0 fully saturated rings. The Bertz CT molecular complexity index is 942. The zero-order valence-electron chi connectivity index (χ0n) is 13.7. The number of benzene rings is 2. The first-order valence-electron chi connectivity index (χ1n) is 7.50. The lowest BCUT2D eigenvalue weighted by Gasteiger charge is -2.09. The average molecular weight is 328 g/mol. The number of methoxy groups -OCH3 is 1. The molecule has 3 aromatic rings. The van der Waals surface area contributed by atoms with E-state index in [0.717, 1.165) is 11.1 Å². The maximum absolute atomic E-state index is 12.7. The van der Waals surface area contributed by atoms with Crippen LogP contribution in [0.2, 0.25) is 0 Å². The van der Waals surface area contributed by atoms with E-state index >= 15 is 0 Å². The van der Waals surface area contributed by atoms with Crippen LogP contribution in [0.4, 0.5) is 0 Å². The molecule has 1 N–H and O–H groups in total. The second-order valence-electron chi connectivity index (χ2n) is 4.82. The minimum absolute atomic E-state index is 0.134. The molecule has 0 atom stereocenters. The number of hydrogen-bond donors (Lipinski definition) is 1. The number of rotatable bonds is 2. The molecule has 0 saturated carbocycles. The molecule has 0 amide bonds. The number of nitrogens with one attached hydrogen (secondary N) is 1. The van der Waals surface area contributed by atoms with E-state index < -0.39 is 0 Å². The van der Waals surface area contributed by atoms with Crippen LogP contribution in [0.3, 0.4) is 0 Å². The van der Waals surface area contributed by atoms with Crippen LogP contribution >= 0.6 is 12.2 Å². The van der Waals surface area contributed by atoms with Crippen LogP contribution in [0, 0.1) is 11.7 Å². The summed E-state index contributed by atoms with van der Waals surface area (Å²) in [5, 5.41) is 0.617. The molecule has 23 heavy (non-hydrogen) atoms. The van der Waals surface area contributed by atoms with Gasteiger partial charge in [0.2, 0.25) is 0 Å². The normalized spacial score (nSPS) is 10.1. The van der Waals surface area contributed by atoms with Gasteiger partial charge in [0.05, 0.1) is 23.7 Å². The van der Waals surface area contributed by atoms with Crippen molar-refractivity contribution in [2.75, 3.05) is 7.11 Å². The van der Waals surface area contributed by atoms with Crippen molar-refractivity contribution in [3.8, 4) is 11.4 Å². The third kappa shape index (κ3) is 3.35. The number of aryl methyl sites for hydroxylation is 1. The second-order valence-corrected chi connectivity index (χ2v) is 5.21. The van der Waals surface area contributed by atoms with Gasteiger partial charge in [-0.3, -0.25) is 9.36 Å². The number of ether oxygens (including phenoxy) is 1. The summed E-state index contributed by atoms with van der Waals surface area (Å²) in [5.74, 6) is 0.679. The molecule has 0 radical (unpaired) electrons. The SMILES string of the molecule is CC.COc1cccc(-n2c(=S)[nH]c3ccc(C)cc3c2=O)c1. The smallest absolute Gasteiger partial charge is 0.266 e. The molecule has 1 aromatic heterocycles. The highest BCUT2D eigenvalue weighted by Crippen LogP contribution is 2.17. The molecule has 0 aliphatic carbocycles. The fraction of sp³-hybridized carbons (Fsp3) is 0.222. The van der Waals surface area contributed by atoms with Gasteiger partial charge in [-0.1, -0.05) is 31.5 Å². The standard InChI is InChI=1S/C16H14N2O2S.C2H6/c1-10-6-7-14-13(8-10)15(19)18(16(21)17-14)11-4-3-5-12(9-11)20-2;1-2/h3-9H,1-2H3,(H,17,21);1-2H3. The predicted octanol–water partition coefficient (Wildman–Crippen LogP) is 4.39. The van der Waals surface area contributed by atoms with Crippen molar-refractivity contribution >= 4 is 23.1 Å². The summed E-state index contributed by atoms with van der Waals surface area (Å²) >= 11 is 5.33. The Morgan fingerprint density at radius 1 is 1.13 bits per heavy atom. The molecular weight excluding hydrogens is 308 g/mol. The first-order valence-corrected chi connectivity index (χ1v) is 7.91. The van der Waals surface area contributed by atoms with Crippen molar-refractivity contribution in [1.82, 2.24) is 9.55 Å². The van der Waals surface area contributed by atoms with Gasteiger partial charge in [-0.05, 0) is 43.4 Å². The molecule has 1 heterocycles. The topological polar surface area (TPSA) is 47.0 Å². The molecule has 2 aromatic carbocycles. The maximum atomic E-state index is 12.7. The number of fused-ring (bicyclic) bond motifs is 1. The zero-order valence-corrected chi connectivity index (χ0v) is 14.5. The summed E-state index contributed by atoms with van der Waals surface area (Å²) in [6, 6.07) is 12.9. The van der Waals surface area contributed by atoms with E-state index in [4.69, 9.17) is 17.0 Å². The molecule has 120 valence electrons. The highest BCUT2D eigenvalue weighted by Gasteiger charge is 2.08. The van der Waals surface area contributed by atoms with Crippen LogP contribution in [0.1, 0.15) is 19.4 Å². The highest BCUT2D eigenvalue weighted by molar-refractivity contribution is 7.71. The molecule has 0 spiro atoms. The highest BCUT2D eigenvalue weighted by atomic mass is 32.1. The van der Waals surface area contributed by atoms with Gasteiger partial charge in [-0.25, -0.2) is 0 Å². The van der Waals surface area contributed by atoms with Crippen LogP contribution < -0.4 is 10.3 Å². The lowest BCUT2D eigenvalue weighted by molar-refractivity contribution is 0.414. The molecular formula is C18H20N2O2S. The third-order valence-electron chi connectivity index (χ3n) is 3.36. The number of H-pyrrole nitrogens is 1. The Morgan fingerprint density at radius 2 is 1.87 bits per heavy atom. The van der Waals surface area contributed by atoms with Gasteiger partial charge in [-0.15, -0.1) is 0 Å². The van der Waals surface area contributed by atoms with Crippen LogP contribution in [-0.2, 0) is 0 Å². The van der Waals surface area contributed by atoms with E-state index in [-0.39, 0.29) is 5.56 Å². The van der Waals surface area contributed by atoms with E-state index in [0.29, 0.717) is 21.6 Å². The van der Waals surface area contributed by atoms with Crippen molar-refractivity contribution < 1.29 is 4.74 Å². The number of aromatic nitrogens is 2. The van der Waals surface area contributed by atoms with Gasteiger partial charge in [0.15, 0.2) is 4.77 Å². The first kappa shape index (κ1) is 17.0. The summed E-state index contributed by atoms with van der Waals surface area (Å²) in [6.45, 7) is 5.95. The van der Waals surface area contributed by atoms with Crippen LogP contribution in [0.15, 0.2) is 47.3 Å². The molecule has 0 saturated heterocycles. The average Bonchev–Trinajstić information content (AvgIpc) is 2.58. The van der Waals surface area contributed by atoms with E-state index in [1.165, 1.54) is 4.57 Å². The summed E-state index contributed by atoms with van der Waals surface area (Å²) in [5.41, 5.74) is 2.33. The monoisotopic (exact) mass is 328 g/mol. The summed E-state index contributed by atoms with van der Waals surface area (Å²) in [6.07, 6.45) is 0. The van der Waals surface area contributed by atoms with Crippen molar-refractivity contribution in [1.29, 1.82) is 0 Å². The summed E-state index contributed by atoms with van der Waals surface area (Å²) < 4.78 is 7.05. The lowest BCUT2D eigenvalue weighted by Crippen LogP contribution is -2.20. The van der Waals surface area contributed by atoms with Crippen molar-refractivity contribution in [2.45, 2.75) is 20.8 Å². The summed E-state index contributed by atoms with van der Waals surface area (Å²) in [7, 11) is 1.59. The maximum Gasteiger partial charge on any atom is 0.266 e. The lowest BCUT2D eigenvalue weighted by atomic mass is 10.1. The zero-order chi connectivity index (χ0) is 17.0. The van der Waals surface area contributed by atoms with Gasteiger partial charge in [0.25, 0.3) is 5.56 Å². The van der Waals surface area contributed by atoms with Gasteiger partial charge in [-0.2, -0.15) is 0 Å². The molecule has 0 aliphatic rings. The van der Waals surface area contributed by atoms with E-state index in [1.807, 2.05) is 57.2 Å². The first-order chi connectivity index (χ1) is 11.1. The molecule has 3 rings (SSSR count). The number of hydrogen-bond acceptors (Lipinski definition) is 3. The van der Waals surface area contributed by atoms with Crippen LogP contribution in [0.25, 0.3) is 16.6 Å². The van der Waals surface area contributed by atoms with Crippen molar-refractivity contribution in [3.63, 3.8) is 0 Å². The van der Waals surface area contributed by atoms with Gasteiger partial charge in [0, 0.05) is 6.07 Å². The largest absolute Gasteiger partial charge is 0.497 e. The van der Waals surface area contributed by atoms with Gasteiger partial charge < -0.3 is 9.72 Å². The van der Waals surface area contributed by atoms with E-state index in [1.54, 1.807) is 13.2 Å². The predicted molar refractivity (Wildman–Crippen MR) is 97.4 cm³/mol. The minimum Gasteiger partial charge on any atom is -0.497 e. The van der Waals surface area contributed by atoms with Gasteiger partial charge >= 0.3 is 0 Å². The number of nitrogens with zero attached hydrogens (tertiary/aromatic N) is 1. The quantitative estimate of drug-likeness (QED) is 0.710. The fourth-order valence-corrected chi connectivity index (χ4v) is 2.61. The van der Waals surface area contributed by atoms with Crippen LogP contribution in [0.5, 0.6) is 5.75 Å². The van der Waals surface area contributed by atoms with Crippen LogP contribution in [-0.4, -0.2) is 16.7 Å². The van der Waals surface area contributed by atoms with Crippen molar-refractivity contribution in [2.24, 2.45) is 0 Å². The fourth-order valence-electron chi connectivity index (χ4n) is 2.31. The molecule has 4 nitrogen and oxygen atoms in total. The molecule has 5 heteroatoms. The third-order valence-corrected chi connectivity index (χ3v) is 3.65.